The van der Waals surface area contributed by atoms with Crippen LogP contribution in [0.2, 0.25) is 0 Å². The van der Waals surface area contributed by atoms with E-state index in [0.29, 0.717) is 18.0 Å². The third kappa shape index (κ3) is 3.59. The lowest BCUT2D eigenvalue weighted by Gasteiger charge is -2.28. The maximum Gasteiger partial charge on any atom is 0.157 e. The molecule has 2 atom stereocenters. The summed E-state index contributed by atoms with van der Waals surface area (Å²) in [5.41, 5.74) is 0. The Kier molecular flexibility index (Phi) is 4.89. The number of hydrogen-bond donors (Lipinski definition) is 1. The van der Waals surface area contributed by atoms with Gasteiger partial charge in [0.1, 0.15) is 0 Å². The molecule has 2 aliphatic rings. The Balaban J connectivity index is 1.87. The lowest BCUT2D eigenvalue weighted by molar-refractivity contribution is 0.480. The minimum absolute atomic E-state index is 0.542. The van der Waals surface area contributed by atoms with E-state index in [4.69, 9.17) is 4.99 Å². The van der Waals surface area contributed by atoms with E-state index in [1.54, 1.807) is 0 Å². The number of aliphatic imine (C=N–C) groups is 1. The molecule has 2 rings (SSSR count). The number of hydrogen-bond acceptors (Lipinski definition) is 4. The molecule has 0 spiro atoms. The zero-order valence-electron chi connectivity index (χ0n) is 10.2. The molecule has 0 radical (unpaired) electrons. The van der Waals surface area contributed by atoms with Crippen molar-refractivity contribution in [3.8, 4) is 0 Å². The fourth-order valence-electron chi connectivity index (χ4n) is 2.12. The normalized spacial score (nSPS) is 31.3. The smallest absolute Gasteiger partial charge is 0.157 e. The summed E-state index contributed by atoms with van der Waals surface area (Å²) in [6, 6.07) is 1.20. The number of amidine groups is 1. The maximum atomic E-state index is 4.83. The van der Waals surface area contributed by atoms with E-state index < -0.39 is 0 Å². The van der Waals surface area contributed by atoms with Crippen molar-refractivity contribution in [2.45, 2.75) is 45.2 Å². The summed E-state index contributed by atoms with van der Waals surface area (Å²) in [6.07, 6.45) is 3.92. The van der Waals surface area contributed by atoms with E-state index in [0.717, 1.165) is 0 Å². The molecule has 0 aliphatic carbocycles. The van der Waals surface area contributed by atoms with Crippen LogP contribution in [0.25, 0.3) is 0 Å². The summed E-state index contributed by atoms with van der Waals surface area (Å²) in [4.78, 5) is 4.83. The van der Waals surface area contributed by atoms with E-state index in [-0.39, 0.29) is 0 Å². The maximum absolute atomic E-state index is 4.83. The van der Waals surface area contributed by atoms with Gasteiger partial charge in [0.2, 0.25) is 0 Å². The van der Waals surface area contributed by atoms with Crippen LogP contribution in [0.4, 0.5) is 0 Å². The Morgan fingerprint density at radius 2 is 2.19 bits per heavy atom. The van der Waals surface area contributed by atoms with Crippen LogP contribution in [-0.2, 0) is 0 Å². The molecule has 0 aromatic carbocycles. The zero-order chi connectivity index (χ0) is 11.4. The molecule has 2 heterocycles. The summed E-state index contributed by atoms with van der Waals surface area (Å²) >= 11 is 3.98. The van der Waals surface area contributed by atoms with E-state index in [1.165, 1.54) is 41.7 Å². The average molecular weight is 258 g/mol. The highest BCUT2D eigenvalue weighted by Crippen LogP contribution is 2.23. The first-order valence-corrected chi connectivity index (χ1v) is 8.44. The summed E-state index contributed by atoms with van der Waals surface area (Å²) < 4.78 is 0. The molecule has 0 bridgehead atoms. The molecular formula is C12H22N2S2. The van der Waals surface area contributed by atoms with Gasteiger partial charge in [-0.2, -0.15) is 11.8 Å². The number of nitrogens with zero attached hydrogens (tertiary/aromatic N) is 1. The van der Waals surface area contributed by atoms with Crippen LogP contribution in [-0.4, -0.2) is 34.5 Å². The van der Waals surface area contributed by atoms with Crippen LogP contribution >= 0.6 is 23.5 Å². The second kappa shape index (κ2) is 6.20. The average Bonchev–Trinajstić information content (AvgIpc) is 2.30. The van der Waals surface area contributed by atoms with Gasteiger partial charge in [0.15, 0.2) is 5.17 Å². The molecule has 0 saturated carbocycles. The van der Waals surface area contributed by atoms with E-state index in [2.05, 4.69) is 30.9 Å². The van der Waals surface area contributed by atoms with Crippen molar-refractivity contribution in [2.24, 2.45) is 10.9 Å². The molecule has 1 saturated heterocycles. The molecule has 2 nitrogen and oxygen atoms in total. The van der Waals surface area contributed by atoms with Crippen molar-refractivity contribution in [3.63, 3.8) is 0 Å². The molecule has 16 heavy (non-hydrogen) atoms. The minimum atomic E-state index is 0.542. The van der Waals surface area contributed by atoms with Crippen molar-refractivity contribution < 1.29 is 0 Å². The van der Waals surface area contributed by atoms with Gasteiger partial charge in [0, 0.05) is 17.5 Å². The Morgan fingerprint density at radius 3 is 2.88 bits per heavy atom. The van der Waals surface area contributed by atoms with Gasteiger partial charge in [-0.25, -0.2) is 0 Å². The predicted molar refractivity (Wildman–Crippen MR) is 76.6 cm³/mol. The molecule has 0 aromatic rings. The van der Waals surface area contributed by atoms with Crippen LogP contribution in [0.15, 0.2) is 4.99 Å². The SMILES string of the molecule is CC(C)C1CCSC(NC2CCCSC2)=N1. The molecular weight excluding hydrogens is 236 g/mol. The number of thioether (sulfide) groups is 2. The molecule has 1 fully saturated rings. The van der Waals surface area contributed by atoms with Gasteiger partial charge in [-0.05, 0) is 30.9 Å². The molecule has 92 valence electrons. The number of rotatable bonds is 2. The monoisotopic (exact) mass is 258 g/mol. The molecule has 2 aliphatic heterocycles. The first-order valence-electron chi connectivity index (χ1n) is 6.30. The van der Waals surface area contributed by atoms with Crippen LogP contribution in [0.1, 0.15) is 33.1 Å². The quantitative estimate of drug-likeness (QED) is 0.824. The minimum Gasteiger partial charge on any atom is -0.361 e. The lowest BCUT2D eigenvalue weighted by atomic mass is 10.0. The van der Waals surface area contributed by atoms with Gasteiger partial charge in [0.25, 0.3) is 0 Å². The fraction of sp³-hybridized carbons (Fsp3) is 0.917. The first-order chi connectivity index (χ1) is 7.75. The highest BCUT2D eigenvalue weighted by atomic mass is 32.2. The summed E-state index contributed by atoms with van der Waals surface area (Å²) in [7, 11) is 0. The van der Waals surface area contributed by atoms with E-state index >= 15 is 0 Å². The standard InChI is InChI=1S/C12H22N2S2/c1-9(2)11-5-7-16-12(14-11)13-10-4-3-6-15-8-10/h9-11H,3-8H2,1-2H3,(H,13,14). The Bertz CT molecular complexity index is 247. The van der Waals surface area contributed by atoms with E-state index in [9.17, 15) is 0 Å². The largest absolute Gasteiger partial charge is 0.361 e. The van der Waals surface area contributed by atoms with Crippen LogP contribution in [0.3, 0.4) is 0 Å². The van der Waals surface area contributed by atoms with Gasteiger partial charge >= 0.3 is 0 Å². The van der Waals surface area contributed by atoms with Crippen molar-refractivity contribution in [1.29, 1.82) is 0 Å². The van der Waals surface area contributed by atoms with Crippen LogP contribution < -0.4 is 5.32 Å². The summed E-state index contributed by atoms with van der Waals surface area (Å²) in [6.45, 7) is 4.55. The third-order valence-corrected chi connectivity index (χ3v) is 5.34. The van der Waals surface area contributed by atoms with Crippen molar-refractivity contribution in [1.82, 2.24) is 5.32 Å². The summed E-state index contributed by atoms with van der Waals surface area (Å²) in [5.74, 6) is 4.51. The van der Waals surface area contributed by atoms with Crippen molar-refractivity contribution in [2.75, 3.05) is 17.3 Å². The Hall–Kier alpha value is 0.170. The molecule has 1 N–H and O–H groups in total. The second-order valence-electron chi connectivity index (χ2n) is 4.94. The highest BCUT2D eigenvalue weighted by Gasteiger charge is 2.21. The third-order valence-electron chi connectivity index (χ3n) is 3.19. The predicted octanol–water partition coefficient (Wildman–Crippen LogP) is 2.99. The highest BCUT2D eigenvalue weighted by molar-refractivity contribution is 8.13. The lowest BCUT2D eigenvalue weighted by Crippen LogP contribution is -2.39. The second-order valence-corrected chi connectivity index (χ2v) is 7.17. The summed E-state index contributed by atoms with van der Waals surface area (Å²) in [5, 5.41) is 4.84. The van der Waals surface area contributed by atoms with Crippen molar-refractivity contribution >= 4 is 28.7 Å². The topological polar surface area (TPSA) is 24.4 Å². The number of nitrogens with one attached hydrogen (secondary N) is 1. The van der Waals surface area contributed by atoms with Gasteiger partial charge in [0.05, 0.1) is 6.04 Å². The van der Waals surface area contributed by atoms with Crippen LogP contribution in [0.5, 0.6) is 0 Å². The van der Waals surface area contributed by atoms with E-state index in [1.807, 2.05) is 11.8 Å². The van der Waals surface area contributed by atoms with Gasteiger partial charge < -0.3 is 5.32 Å². The Morgan fingerprint density at radius 1 is 1.31 bits per heavy atom. The first kappa shape index (κ1) is 12.6. The molecule has 2 unspecified atom stereocenters. The van der Waals surface area contributed by atoms with Gasteiger partial charge in [-0.1, -0.05) is 25.6 Å². The zero-order valence-corrected chi connectivity index (χ0v) is 11.9. The molecule has 4 heteroatoms. The van der Waals surface area contributed by atoms with Crippen molar-refractivity contribution in [3.05, 3.63) is 0 Å². The fourth-order valence-corrected chi connectivity index (χ4v) is 4.20. The van der Waals surface area contributed by atoms with Crippen LogP contribution in [0, 0.1) is 5.92 Å². The van der Waals surface area contributed by atoms with Gasteiger partial charge in [-0.3, -0.25) is 4.99 Å². The Labute approximate surface area is 107 Å². The van der Waals surface area contributed by atoms with Gasteiger partial charge in [-0.15, -0.1) is 0 Å². The molecule has 0 aromatic heterocycles. The molecule has 0 amide bonds.